The maximum atomic E-state index is 6.02. The summed E-state index contributed by atoms with van der Waals surface area (Å²) in [7, 11) is 1.84. The minimum atomic E-state index is 0. The molecule has 0 aliphatic carbocycles. The van der Waals surface area contributed by atoms with Crippen molar-refractivity contribution in [2.45, 2.75) is 25.2 Å². The van der Waals surface area contributed by atoms with Crippen LogP contribution in [-0.4, -0.2) is 32.5 Å². The molecule has 6 nitrogen and oxygen atoms in total. The van der Waals surface area contributed by atoms with Gasteiger partial charge in [0.05, 0.1) is 0 Å². The first kappa shape index (κ1) is 21.2. The molecule has 0 fully saturated rings. The van der Waals surface area contributed by atoms with E-state index in [1.54, 1.807) is 16.4 Å². The standard InChI is InChI=1S/C19H23N5OS.ClH/c1-15-7-9-16(10-8-15)14-25-18-6-4-3-5-17(18)13-20-11-12-26-19-21-22-23-24(19)2;/h3-10,20H,11-14H2,1-2H3;1H. The molecule has 0 radical (unpaired) electrons. The van der Waals surface area contributed by atoms with Gasteiger partial charge in [-0.15, -0.1) is 17.5 Å². The molecule has 3 rings (SSSR count). The van der Waals surface area contributed by atoms with E-state index < -0.39 is 0 Å². The highest BCUT2D eigenvalue weighted by Crippen LogP contribution is 2.19. The molecule has 1 heterocycles. The molecule has 0 saturated heterocycles. The van der Waals surface area contributed by atoms with Gasteiger partial charge in [0.25, 0.3) is 0 Å². The predicted octanol–water partition coefficient (Wildman–Crippen LogP) is 3.40. The van der Waals surface area contributed by atoms with E-state index in [0.717, 1.165) is 35.3 Å². The van der Waals surface area contributed by atoms with Crippen molar-refractivity contribution in [1.82, 2.24) is 25.5 Å². The van der Waals surface area contributed by atoms with Crippen molar-refractivity contribution in [3.05, 3.63) is 65.2 Å². The highest BCUT2D eigenvalue weighted by Gasteiger charge is 2.05. The fraction of sp³-hybridized carbons (Fsp3) is 0.316. The van der Waals surface area contributed by atoms with Gasteiger partial charge < -0.3 is 10.1 Å². The average molecular weight is 406 g/mol. The first-order valence-corrected chi connectivity index (χ1v) is 9.53. The largest absolute Gasteiger partial charge is 0.489 e. The van der Waals surface area contributed by atoms with E-state index in [-0.39, 0.29) is 12.4 Å². The van der Waals surface area contributed by atoms with Crippen LogP contribution in [0.3, 0.4) is 0 Å². The molecule has 1 N–H and O–H groups in total. The topological polar surface area (TPSA) is 64.9 Å². The first-order valence-electron chi connectivity index (χ1n) is 8.54. The second-order valence-corrected chi connectivity index (χ2v) is 7.05. The number of benzene rings is 2. The van der Waals surface area contributed by atoms with Gasteiger partial charge >= 0.3 is 0 Å². The van der Waals surface area contributed by atoms with Crippen LogP contribution in [0.2, 0.25) is 0 Å². The molecule has 2 aromatic carbocycles. The van der Waals surface area contributed by atoms with Gasteiger partial charge in [0.1, 0.15) is 12.4 Å². The summed E-state index contributed by atoms with van der Waals surface area (Å²) < 4.78 is 7.70. The van der Waals surface area contributed by atoms with Crippen LogP contribution >= 0.6 is 24.2 Å². The Morgan fingerprint density at radius 1 is 1.11 bits per heavy atom. The zero-order valence-electron chi connectivity index (χ0n) is 15.5. The maximum Gasteiger partial charge on any atom is 0.209 e. The van der Waals surface area contributed by atoms with Crippen LogP contribution in [0.15, 0.2) is 53.7 Å². The van der Waals surface area contributed by atoms with Crippen molar-refractivity contribution >= 4 is 24.2 Å². The maximum absolute atomic E-state index is 6.02. The number of halogens is 1. The number of nitrogens with zero attached hydrogens (tertiary/aromatic N) is 4. The molecule has 0 amide bonds. The summed E-state index contributed by atoms with van der Waals surface area (Å²) in [5, 5.41) is 15.7. The minimum absolute atomic E-state index is 0. The van der Waals surface area contributed by atoms with Crippen LogP contribution < -0.4 is 10.1 Å². The van der Waals surface area contributed by atoms with Crippen molar-refractivity contribution in [3.8, 4) is 5.75 Å². The lowest BCUT2D eigenvalue weighted by Gasteiger charge is -2.12. The summed E-state index contributed by atoms with van der Waals surface area (Å²) in [6, 6.07) is 16.6. The second-order valence-electron chi connectivity index (χ2n) is 5.99. The number of ether oxygens (including phenoxy) is 1. The molecule has 8 heteroatoms. The van der Waals surface area contributed by atoms with Crippen molar-refractivity contribution < 1.29 is 4.74 Å². The van der Waals surface area contributed by atoms with Crippen LogP contribution in [0, 0.1) is 6.92 Å². The third-order valence-corrected chi connectivity index (χ3v) is 4.91. The van der Waals surface area contributed by atoms with Crippen molar-refractivity contribution in [2.75, 3.05) is 12.3 Å². The van der Waals surface area contributed by atoms with Crippen molar-refractivity contribution in [3.63, 3.8) is 0 Å². The molecule has 1 aromatic heterocycles. The Balaban J connectivity index is 0.00000261. The van der Waals surface area contributed by atoms with Crippen LogP contribution in [0.4, 0.5) is 0 Å². The summed E-state index contributed by atoms with van der Waals surface area (Å²) in [6.45, 7) is 4.29. The van der Waals surface area contributed by atoms with Gasteiger partial charge in [-0.05, 0) is 29.0 Å². The van der Waals surface area contributed by atoms with Gasteiger partial charge in [-0.3, -0.25) is 0 Å². The van der Waals surface area contributed by atoms with E-state index >= 15 is 0 Å². The van der Waals surface area contributed by atoms with E-state index in [0.29, 0.717) is 6.61 Å². The SMILES string of the molecule is Cc1ccc(COc2ccccc2CNCCSc2nnnn2C)cc1.Cl. The Morgan fingerprint density at radius 2 is 1.89 bits per heavy atom. The fourth-order valence-electron chi connectivity index (χ4n) is 2.42. The fourth-order valence-corrected chi connectivity index (χ4v) is 3.16. The lowest BCUT2D eigenvalue weighted by atomic mass is 10.1. The molecule has 3 aromatic rings. The third kappa shape index (κ3) is 6.53. The number of tetrazole rings is 1. The Kier molecular flexibility index (Phi) is 8.57. The van der Waals surface area contributed by atoms with Gasteiger partial charge in [-0.1, -0.05) is 59.8 Å². The van der Waals surface area contributed by atoms with Gasteiger partial charge in [0.15, 0.2) is 0 Å². The lowest BCUT2D eigenvalue weighted by Crippen LogP contribution is -2.17. The Labute approximate surface area is 170 Å². The second kappa shape index (κ2) is 10.9. The van der Waals surface area contributed by atoms with E-state index in [1.807, 2.05) is 25.2 Å². The van der Waals surface area contributed by atoms with Crippen LogP contribution in [0.25, 0.3) is 0 Å². The van der Waals surface area contributed by atoms with Gasteiger partial charge in [-0.25, -0.2) is 4.68 Å². The van der Waals surface area contributed by atoms with Gasteiger partial charge in [0.2, 0.25) is 5.16 Å². The zero-order chi connectivity index (χ0) is 18.2. The first-order chi connectivity index (χ1) is 12.7. The Hall–Kier alpha value is -2.09. The molecule has 0 bridgehead atoms. The number of thioether (sulfide) groups is 1. The molecule has 0 spiro atoms. The van der Waals surface area contributed by atoms with Crippen molar-refractivity contribution in [1.29, 1.82) is 0 Å². The quantitative estimate of drug-likeness (QED) is 0.434. The third-order valence-electron chi connectivity index (χ3n) is 3.89. The van der Waals surface area contributed by atoms with E-state index in [2.05, 4.69) is 58.1 Å². The van der Waals surface area contributed by atoms with Gasteiger partial charge in [-0.2, -0.15) is 0 Å². The highest BCUT2D eigenvalue weighted by atomic mass is 35.5. The minimum Gasteiger partial charge on any atom is -0.489 e. The molecule has 0 unspecified atom stereocenters. The monoisotopic (exact) mass is 405 g/mol. The smallest absolute Gasteiger partial charge is 0.209 e. The number of aromatic nitrogens is 4. The summed E-state index contributed by atoms with van der Waals surface area (Å²) >= 11 is 1.63. The zero-order valence-corrected chi connectivity index (χ0v) is 17.1. The molecule has 0 atom stereocenters. The number of aryl methyl sites for hydroxylation is 2. The summed E-state index contributed by atoms with van der Waals surface area (Å²) in [4.78, 5) is 0. The van der Waals surface area contributed by atoms with Gasteiger partial charge in [0, 0.05) is 31.5 Å². The van der Waals surface area contributed by atoms with E-state index in [4.69, 9.17) is 4.74 Å². The average Bonchev–Trinajstić information content (AvgIpc) is 3.07. The summed E-state index contributed by atoms with van der Waals surface area (Å²) in [5.74, 6) is 1.83. The van der Waals surface area contributed by atoms with Crippen molar-refractivity contribution in [2.24, 2.45) is 7.05 Å². The number of rotatable bonds is 9. The van der Waals surface area contributed by atoms with Crippen LogP contribution in [0.1, 0.15) is 16.7 Å². The molecule has 144 valence electrons. The van der Waals surface area contributed by atoms with E-state index in [9.17, 15) is 0 Å². The molecule has 0 saturated carbocycles. The highest BCUT2D eigenvalue weighted by molar-refractivity contribution is 7.99. The predicted molar refractivity (Wildman–Crippen MR) is 110 cm³/mol. The number of hydrogen-bond donors (Lipinski definition) is 1. The number of hydrogen-bond acceptors (Lipinski definition) is 6. The Morgan fingerprint density at radius 3 is 2.63 bits per heavy atom. The number of para-hydroxylation sites is 1. The molecule has 27 heavy (non-hydrogen) atoms. The molecule has 0 aliphatic heterocycles. The lowest BCUT2D eigenvalue weighted by molar-refractivity contribution is 0.302. The summed E-state index contributed by atoms with van der Waals surface area (Å²) in [5.41, 5.74) is 3.59. The molecule has 0 aliphatic rings. The van der Waals surface area contributed by atoms with E-state index in [1.165, 1.54) is 11.1 Å². The molecular formula is C19H24ClN5OS. The van der Waals surface area contributed by atoms with Crippen LogP contribution in [0.5, 0.6) is 5.75 Å². The van der Waals surface area contributed by atoms with Crippen LogP contribution in [-0.2, 0) is 20.2 Å². The number of nitrogens with one attached hydrogen (secondary N) is 1. The Bertz CT molecular complexity index is 825. The molecular weight excluding hydrogens is 382 g/mol. The normalized spacial score (nSPS) is 10.4. The summed E-state index contributed by atoms with van der Waals surface area (Å²) in [6.07, 6.45) is 0.